The van der Waals surface area contributed by atoms with E-state index in [0.29, 0.717) is 4.42 Å². The van der Waals surface area contributed by atoms with Gasteiger partial charge in [0.2, 0.25) is 0 Å². The lowest BCUT2D eigenvalue weighted by atomic mass is 10.1. The first-order valence-electron chi connectivity index (χ1n) is 3.46. The van der Waals surface area contributed by atoms with Crippen LogP contribution in [0, 0.1) is 5.82 Å². The van der Waals surface area contributed by atoms with Gasteiger partial charge in [0.15, 0.2) is 0 Å². The summed E-state index contributed by atoms with van der Waals surface area (Å²) in [5.74, 6) is -2.21. The zero-order valence-corrected chi connectivity index (χ0v) is 7.01. The minimum atomic E-state index is -0.806. The van der Waals surface area contributed by atoms with Crippen molar-refractivity contribution in [3.05, 3.63) is 35.1 Å². The molecule has 3 nitrogen and oxygen atoms in total. The van der Waals surface area contributed by atoms with Gasteiger partial charge in [0.05, 0.1) is 11.1 Å². The van der Waals surface area contributed by atoms with Gasteiger partial charge in [-0.2, -0.15) is 4.42 Å². The SMILES string of the molecule is O=C1c2cccc(F)c2C(=O)N1Cl. The number of rotatable bonds is 0. The van der Waals surface area contributed by atoms with Gasteiger partial charge >= 0.3 is 0 Å². The molecule has 0 fully saturated rings. The third kappa shape index (κ3) is 0.954. The van der Waals surface area contributed by atoms with E-state index in [9.17, 15) is 14.0 Å². The average Bonchev–Trinajstić information content (AvgIpc) is 2.33. The van der Waals surface area contributed by atoms with Gasteiger partial charge in [-0.15, -0.1) is 0 Å². The first-order valence-corrected chi connectivity index (χ1v) is 3.80. The smallest absolute Gasteiger partial charge is 0.267 e. The number of benzene rings is 1. The number of halogens is 2. The Kier molecular flexibility index (Phi) is 1.60. The lowest BCUT2D eigenvalue weighted by Gasteiger charge is -1.98. The molecule has 0 N–H and O–H groups in total. The van der Waals surface area contributed by atoms with Crippen LogP contribution in [-0.2, 0) is 0 Å². The third-order valence-corrected chi connectivity index (χ3v) is 2.12. The Hall–Kier alpha value is -1.42. The minimum absolute atomic E-state index is 0.0139. The summed E-state index contributed by atoms with van der Waals surface area (Å²) in [7, 11) is 0. The Morgan fingerprint density at radius 1 is 1.23 bits per heavy atom. The van der Waals surface area contributed by atoms with Gasteiger partial charge < -0.3 is 0 Å². The summed E-state index contributed by atoms with van der Waals surface area (Å²) in [5.41, 5.74) is -0.234. The van der Waals surface area contributed by atoms with Gasteiger partial charge in [-0.1, -0.05) is 6.07 Å². The number of carbonyl (C=O) groups is 2. The van der Waals surface area contributed by atoms with Crippen LogP contribution in [0.1, 0.15) is 20.7 Å². The van der Waals surface area contributed by atoms with E-state index in [1.165, 1.54) is 12.1 Å². The maximum atomic E-state index is 13.0. The van der Waals surface area contributed by atoms with Crippen LogP contribution in [0.15, 0.2) is 18.2 Å². The molecule has 0 radical (unpaired) electrons. The van der Waals surface area contributed by atoms with E-state index in [2.05, 4.69) is 0 Å². The lowest BCUT2D eigenvalue weighted by molar-refractivity contribution is 0.0766. The summed E-state index contributed by atoms with van der Waals surface area (Å²) in [6.07, 6.45) is 0. The molecule has 2 rings (SSSR count). The molecule has 1 aromatic rings. The van der Waals surface area contributed by atoms with Crippen LogP contribution in [0.2, 0.25) is 0 Å². The van der Waals surface area contributed by atoms with E-state index < -0.39 is 17.6 Å². The maximum absolute atomic E-state index is 13.0. The zero-order valence-electron chi connectivity index (χ0n) is 6.25. The van der Waals surface area contributed by atoms with Crippen molar-refractivity contribution in [1.82, 2.24) is 4.42 Å². The summed E-state index contributed by atoms with van der Waals surface area (Å²) in [6, 6.07) is 3.83. The van der Waals surface area contributed by atoms with E-state index in [1.54, 1.807) is 0 Å². The highest BCUT2D eigenvalue weighted by Gasteiger charge is 2.36. The number of nitrogens with zero attached hydrogens (tertiary/aromatic N) is 1. The van der Waals surface area contributed by atoms with E-state index >= 15 is 0 Å². The van der Waals surface area contributed by atoms with Crippen molar-refractivity contribution in [3.8, 4) is 0 Å². The van der Waals surface area contributed by atoms with Crippen molar-refractivity contribution >= 4 is 23.6 Å². The summed E-state index contributed by atoms with van der Waals surface area (Å²) in [4.78, 5) is 22.3. The van der Waals surface area contributed by atoms with Gasteiger partial charge in [-0.25, -0.2) is 4.39 Å². The predicted octanol–water partition coefficient (Wildman–Crippen LogP) is 1.58. The molecular weight excluding hydrogens is 197 g/mol. The second-order valence-electron chi connectivity index (χ2n) is 2.55. The summed E-state index contributed by atoms with van der Waals surface area (Å²) >= 11 is 5.32. The van der Waals surface area contributed by atoms with Crippen LogP contribution < -0.4 is 0 Å². The minimum Gasteiger partial charge on any atom is -0.267 e. The zero-order chi connectivity index (χ0) is 9.59. The van der Waals surface area contributed by atoms with Crippen molar-refractivity contribution in [3.63, 3.8) is 0 Å². The second kappa shape index (κ2) is 2.53. The Labute approximate surface area is 77.8 Å². The van der Waals surface area contributed by atoms with Crippen molar-refractivity contribution in [2.45, 2.75) is 0 Å². The average molecular weight is 200 g/mol. The van der Waals surface area contributed by atoms with Gasteiger partial charge in [-0.3, -0.25) is 9.59 Å². The Bertz CT molecular complexity index is 419. The van der Waals surface area contributed by atoms with Crippen LogP contribution in [0.4, 0.5) is 4.39 Å². The Morgan fingerprint density at radius 3 is 2.54 bits per heavy atom. The second-order valence-corrected chi connectivity index (χ2v) is 2.89. The first-order chi connectivity index (χ1) is 6.13. The highest BCUT2D eigenvalue weighted by Crippen LogP contribution is 2.25. The van der Waals surface area contributed by atoms with Gasteiger partial charge in [0.1, 0.15) is 5.82 Å². The highest BCUT2D eigenvalue weighted by atomic mass is 35.5. The lowest BCUT2D eigenvalue weighted by Crippen LogP contribution is -2.18. The number of hydrogen-bond acceptors (Lipinski definition) is 2. The number of hydrogen-bond donors (Lipinski definition) is 0. The van der Waals surface area contributed by atoms with Crippen LogP contribution in [0.3, 0.4) is 0 Å². The molecule has 5 heteroatoms. The molecule has 66 valence electrons. The van der Waals surface area contributed by atoms with Gasteiger partial charge in [0, 0.05) is 11.8 Å². The number of fused-ring (bicyclic) bond motifs is 1. The molecule has 1 aliphatic rings. The van der Waals surface area contributed by atoms with Gasteiger partial charge in [-0.05, 0) is 12.1 Å². The molecule has 1 heterocycles. The summed E-state index contributed by atoms with van der Waals surface area (Å²) in [6.45, 7) is 0. The summed E-state index contributed by atoms with van der Waals surface area (Å²) < 4.78 is 13.4. The Morgan fingerprint density at radius 2 is 1.92 bits per heavy atom. The molecule has 1 aromatic carbocycles. The van der Waals surface area contributed by atoms with Crippen molar-refractivity contribution in [2.75, 3.05) is 0 Å². The molecule has 0 unspecified atom stereocenters. The van der Waals surface area contributed by atoms with E-state index in [0.717, 1.165) is 6.07 Å². The quantitative estimate of drug-likeness (QED) is 0.470. The van der Waals surface area contributed by atoms with Crippen LogP contribution in [0.5, 0.6) is 0 Å². The first kappa shape index (κ1) is 8.19. The van der Waals surface area contributed by atoms with Crippen molar-refractivity contribution in [2.24, 2.45) is 0 Å². The fourth-order valence-electron chi connectivity index (χ4n) is 1.22. The highest BCUT2D eigenvalue weighted by molar-refractivity contribution is 6.39. The van der Waals surface area contributed by atoms with Crippen LogP contribution >= 0.6 is 11.8 Å². The normalized spacial score (nSPS) is 15.1. The van der Waals surface area contributed by atoms with Gasteiger partial charge in [0.25, 0.3) is 11.8 Å². The molecule has 1 aliphatic heterocycles. The van der Waals surface area contributed by atoms with E-state index in [4.69, 9.17) is 11.8 Å². The molecular formula is C8H3ClFNO2. The standard InChI is InChI=1S/C8H3ClFNO2/c9-11-7(12)4-2-1-3-5(10)6(4)8(11)13/h1-3H. The third-order valence-electron chi connectivity index (χ3n) is 1.81. The molecule has 0 atom stereocenters. The molecule has 0 bridgehead atoms. The van der Waals surface area contributed by atoms with Crippen molar-refractivity contribution in [1.29, 1.82) is 0 Å². The number of carbonyl (C=O) groups excluding carboxylic acids is 2. The molecule has 13 heavy (non-hydrogen) atoms. The monoisotopic (exact) mass is 199 g/mol. The topological polar surface area (TPSA) is 37.4 Å². The van der Waals surface area contributed by atoms with E-state index in [-0.39, 0.29) is 11.1 Å². The van der Waals surface area contributed by atoms with E-state index in [1.807, 2.05) is 0 Å². The fourth-order valence-corrected chi connectivity index (χ4v) is 1.39. The van der Waals surface area contributed by atoms with Crippen LogP contribution in [0.25, 0.3) is 0 Å². The summed E-state index contributed by atoms with van der Waals surface area (Å²) in [5, 5.41) is 0. The molecule has 0 aliphatic carbocycles. The predicted molar refractivity (Wildman–Crippen MR) is 42.8 cm³/mol. The maximum Gasteiger partial charge on any atom is 0.279 e. The molecule has 0 aromatic heterocycles. The molecule has 2 amide bonds. The van der Waals surface area contributed by atoms with Crippen molar-refractivity contribution < 1.29 is 14.0 Å². The fraction of sp³-hybridized carbons (Fsp3) is 0. The molecule has 0 saturated carbocycles. The Balaban J connectivity index is 2.74. The number of amides is 2. The largest absolute Gasteiger partial charge is 0.279 e. The molecule has 0 spiro atoms. The molecule has 0 saturated heterocycles. The number of imide groups is 1. The van der Waals surface area contributed by atoms with Crippen LogP contribution in [-0.4, -0.2) is 16.2 Å².